The molecule has 1 aliphatic rings. The highest BCUT2D eigenvalue weighted by Crippen LogP contribution is 2.43. The summed E-state index contributed by atoms with van der Waals surface area (Å²) < 4.78 is 16.1. The fourth-order valence-electron chi connectivity index (χ4n) is 1.87. The molecule has 0 aliphatic carbocycles. The van der Waals surface area contributed by atoms with Crippen molar-refractivity contribution in [3.05, 3.63) is 17.7 Å². The van der Waals surface area contributed by atoms with Gasteiger partial charge in [0.1, 0.15) is 0 Å². The maximum atomic E-state index is 5.48. The van der Waals surface area contributed by atoms with Gasteiger partial charge in [-0.05, 0) is 37.4 Å². The van der Waals surface area contributed by atoms with Crippen molar-refractivity contribution < 1.29 is 14.2 Å². The third-order valence-electron chi connectivity index (χ3n) is 2.68. The smallest absolute Gasteiger partial charge is 0.231 e. The number of hydrogen-bond donors (Lipinski definition) is 1. The highest BCUT2D eigenvalue weighted by molar-refractivity contribution is 5.56. The van der Waals surface area contributed by atoms with Gasteiger partial charge in [-0.1, -0.05) is 6.07 Å². The third-order valence-corrected chi connectivity index (χ3v) is 2.68. The quantitative estimate of drug-likeness (QED) is 0.772. The molecule has 1 aromatic carbocycles. The largest absolute Gasteiger partial charge is 0.492 e. The molecule has 4 heteroatoms. The highest BCUT2D eigenvalue weighted by Gasteiger charge is 2.21. The minimum absolute atomic E-state index is 0.276. The minimum atomic E-state index is 0.276. The molecule has 0 bridgehead atoms. The molecule has 0 fully saturated rings. The summed E-state index contributed by atoms with van der Waals surface area (Å²) in [6.07, 6.45) is 3.04. The molecule has 1 heterocycles. The van der Waals surface area contributed by atoms with Crippen LogP contribution in [0.15, 0.2) is 12.1 Å². The average molecular weight is 223 g/mol. The van der Waals surface area contributed by atoms with Crippen molar-refractivity contribution in [2.24, 2.45) is 5.73 Å². The summed E-state index contributed by atoms with van der Waals surface area (Å²) in [7, 11) is 1.66. The van der Waals surface area contributed by atoms with Crippen molar-refractivity contribution >= 4 is 0 Å². The number of rotatable bonds is 5. The van der Waals surface area contributed by atoms with Crippen molar-refractivity contribution in [2.75, 3.05) is 20.4 Å². The summed E-state index contributed by atoms with van der Waals surface area (Å²) in [4.78, 5) is 0. The number of unbranched alkanes of at least 4 members (excludes halogenated alkanes) is 1. The van der Waals surface area contributed by atoms with Crippen LogP contribution < -0.4 is 19.9 Å². The van der Waals surface area contributed by atoms with E-state index in [2.05, 4.69) is 0 Å². The molecule has 0 saturated carbocycles. The van der Waals surface area contributed by atoms with Gasteiger partial charge in [0.15, 0.2) is 11.5 Å². The third kappa shape index (κ3) is 2.07. The molecule has 0 amide bonds. The van der Waals surface area contributed by atoms with Crippen LogP contribution in [0.4, 0.5) is 0 Å². The van der Waals surface area contributed by atoms with Crippen LogP contribution in [-0.4, -0.2) is 20.4 Å². The first-order valence-corrected chi connectivity index (χ1v) is 5.52. The van der Waals surface area contributed by atoms with E-state index in [4.69, 9.17) is 19.9 Å². The Hall–Kier alpha value is -1.42. The Bertz CT molecular complexity index is 366. The van der Waals surface area contributed by atoms with Gasteiger partial charge in [-0.25, -0.2) is 0 Å². The molecule has 88 valence electrons. The highest BCUT2D eigenvalue weighted by atomic mass is 16.7. The number of nitrogens with two attached hydrogens (primary N) is 1. The first-order chi connectivity index (χ1) is 7.86. The van der Waals surface area contributed by atoms with Crippen LogP contribution in [0.25, 0.3) is 0 Å². The lowest BCUT2D eigenvalue weighted by atomic mass is 10.1. The van der Waals surface area contributed by atoms with E-state index in [0.717, 1.165) is 48.6 Å². The van der Waals surface area contributed by atoms with Gasteiger partial charge in [0.2, 0.25) is 12.5 Å². The van der Waals surface area contributed by atoms with Gasteiger partial charge in [0.25, 0.3) is 0 Å². The second kappa shape index (κ2) is 5.07. The van der Waals surface area contributed by atoms with Gasteiger partial charge in [0.05, 0.1) is 7.11 Å². The Kier molecular flexibility index (Phi) is 3.51. The van der Waals surface area contributed by atoms with Gasteiger partial charge in [0, 0.05) is 0 Å². The summed E-state index contributed by atoms with van der Waals surface area (Å²) in [5.41, 5.74) is 6.63. The SMILES string of the molecule is COc1c(CCCCN)ccc2c1OCO2. The normalized spacial score (nSPS) is 12.9. The van der Waals surface area contributed by atoms with Crippen LogP contribution in [0, 0.1) is 0 Å². The molecule has 4 nitrogen and oxygen atoms in total. The maximum Gasteiger partial charge on any atom is 0.231 e. The molecule has 0 spiro atoms. The number of fused-ring (bicyclic) bond motifs is 1. The lowest BCUT2D eigenvalue weighted by Gasteiger charge is -2.10. The number of aryl methyl sites for hydroxylation is 1. The zero-order valence-electron chi connectivity index (χ0n) is 9.49. The van der Waals surface area contributed by atoms with Gasteiger partial charge in [-0.3, -0.25) is 0 Å². The van der Waals surface area contributed by atoms with Crippen molar-refractivity contribution in [2.45, 2.75) is 19.3 Å². The summed E-state index contributed by atoms with van der Waals surface area (Å²) >= 11 is 0. The molecule has 0 radical (unpaired) electrons. The molecule has 0 atom stereocenters. The Balaban J connectivity index is 2.18. The van der Waals surface area contributed by atoms with Gasteiger partial charge < -0.3 is 19.9 Å². The fraction of sp³-hybridized carbons (Fsp3) is 0.500. The van der Waals surface area contributed by atoms with Crippen LogP contribution in [0.2, 0.25) is 0 Å². The number of methoxy groups -OCH3 is 1. The van der Waals surface area contributed by atoms with E-state index in [1.165, 1.54) is 0 Å². The summed E-state index contributed by atoms with van der Waals surface area (Å²) in [5.74, 6) is 2.29. The monoisotopic (exact) mass is 223 g/mol. The van der Waals surface area contributed by atoms with E-state index < -0.39 is 0 Å². The summed E-state index contributed by atoms with van der Waals surface area (Å²) in [5, 5.41) is 0. The first-order valence-electron chi connectivity index (χ1n) is 5.52. The summed E-state index contributed by atoms with van der Waals surface area (Å²) in [6.45, 7) is 1.00. The zero-order chi connectivity index (χ0) is 11.4. The van der Waals surface area contributed by atoms with E-state index in [1.54, 1.807) is 7.11 Å². The van der Waals surface area contributed by atoms with Crippen LogP contribution in [0.1, 0.15) is 18.4 Å². The van der Waals surface area contributed by atoms with E-state index in [9.17, 15) is 0 Å². The lowest BCUT2D eigenvalue weighted by molar-refractivity contribution is 0.171. The second-order valence-electron chi connectivity index (χ2n) is 3.74. The van der Waals surface area contributed by atoms with Crippen LogP contribution >= 0.6 is 0 Å². The standard InChI is InChI=1S/C12H17NO3/c1-14-11-9(4-2-3-7-13)5-6-10-12(11)16-8-15-10/h5-6H,2-4,7-8,13H2,1H3. The van der Waals surface area contributed by atoms with Gasteiger partial charge in [-0.2, -0.15) is 0 Å². The minimum Gasteiger partial charge on any atom is -0.492 e. The van der Waals surface area contributed by atoms with Gasteiger partial charge in [-0.15, -0.1) is 0 Å². The predicted octanol–water partition coefficient (Wildman–Crippen LogP) is 1.71. The maximum absolute atomic E-state index is 5.48. The topological polar surface area (TPSA) is 53.7 Å². The molecule has 0 saturated heterocycles. The molecular formula is C12H17NO3. The second-order valence-corrected chi connectivity index (χ2v) is 3.74. The average Bonchev–Trinajstić information content (AvgIpc) is 2.77. The number of ether oxygens (including phenoxy) is 3. The Morgan fingerprint density at radius 3 is 2.94 bits per heavy atom. The predicted molar refractivity (Wildman–Crippen MR) is 61.1 cm³/mol. The molecule has 0 aromatic heterocycles. The molecule has 0 unspecified atom stereocenters. The van der Waals surface area contributed by atoms with E-state index >= 15 is 0 Å². The summed E-state index contributed by atoms with van der Waals surface area (Å²) in [6, 6.07) is 3.96. The van der Waals surface area contributed by atoms with Crippen LogP contribution in [-0.2, 0) is 6.42 Å². The number of benzene rings is 1. The number of hydrogen-bond acceptors (Lipinski definition) is 4. The molecular weight excluding hydrogens is 206 g/mol. The van der Waals surface area contributed by atoms with Crippen molar-refractivity contribution in [3.63, 3.8) is 0 Å². The Morgan fingerprint density at radius 2 is 2.19 bits per heavy atom. The van der Waals surface area contributed by atoms with E-state index in [-0.39, 0.29) is 6.79 Å². The molecule has 1 aromatic rings. The first kappa shape index (κ1) is 11.1. The van der Waals surface area contributed by atoms with Crippen LogP contribution in [0.3, 0.4) is 0 Å². The van der Waals surface area contributed by atoms with Crippen molar-refractivity contribution in [1.82, 2.24) is 0 Å². The fourth-order valence-corrected chi connectivity index (χ4v) is 1.87. The Labute approximate surface area is 95.3 Å². The molecule has 2 rings (SSSR count). The molecule has 16 heavy (non-hydrogen) atoms. The van der Waals surface area contributed by atoms with Crippen molar-refractivity contribution in [3.8, 4) is 17.2 Å². The zero-order valence-corrected chi connectivity index (χ0v) is 9.49. The van der Waals surface area contributed by atoms with E-state index in [1.807, 2.05) is 12.1 Å². The Morgan fingerprint density at radius 1 is 1.31 bits per heavy atom. The van der Waals surface area contributed by atoms with Gasteiger partial charge >= 0.3 is 0 Å². The lowest BCUT2D eigenvalue weighted by Crippen LogP contribution is -2.00. The van der Waals surface area contributed by atoms with E-state index in [0.29, 0.717) is 0 Å². The van der Waals surface area contributed by atoms with Crippen LogP contribution in [0.5, 0.6) is 17.2 Å². The molecule has 2 N–H and O–H groups in total. The molecule has 1 aliphatic heterocycles. The van der Waals surface area contributed by atoms with Crippen molar-refractivity contribution in [1.29, 1.82) is 0 Å².